The van der Waals surface area contributed by atoms with Gasteiger partial charge < -0.3 is 19.1 Å². The van der Waals surface area contributed by atoms with Gasteiger partial charge in [-0.1, -0.05) is 27.7 Å². The highest BCUT2D eigenvalue weighted by Gasteiger charge is 2.69. The summed E-state index contributed by atoms with van der Waals surface area (Å²) in [7, 11) is 3.56. The third-order valence-corrected chi connectivity index (χ3v) is 12.5. The summed E-state index contributed by atoms with van der Waals surface area (Å²) in [5.74, 6) is 4.64. The average molecular weight is 488 g/mol. The monoisotopic (exact) mass is 487 g/mol. The second-order valence-corrected chi connectivity index (χ2v) is 14.3. The second-order valence-electron chi connectivity index (χ2n) is 14.3. The Kier molecular flexibility index (Phi) is 5.85. The van der Waals surface area contributed by atoms with E-state index >= 15 is 0 Å². The van der Waals surface area contributed by atoms with Crippen LogP contribution in [0.1, 0.15) is 91.9 Å². The van der Waals surface area contributed by atoms with Crippen molar-refractivity contribution in [2.75, 3.05) is 20.7 Å². The van der Waals surface area contributed by atoms with Crippen LogP contribution in [0.5, 0.6) is 0 Å². The van der Waals surface area contributed by atoms with Crippen LogP contribution >= 0.6 is 0 Å². The Balaban J connectivity index is 1.18. The van der Waals surface area contributed by atoms with Crippen LogP contribution in [-0.2, 0) is 14.2 Å². The largest absolute Gasteiger partial charge is 0.446 e. The summed E-state index contributed by atoms with van der Waals surface area (Å²) in [6.07, 6.45) is 12.5. The Morgan fingerprint density at radius 2 is 1.69 bits per heavy atom. The van der Waals surface area contributed by atoms with Gasteiger partial charge in [0.1, 0.15) is 6.10 Å². The number of amides is 1. The van der Waals surface area contributed by atoms with Crippen molar-refractivity contribution < 1.29 is 19.0 Å². The minimum Gasteiger partial charge on any atom is -0.446 e. The molecule has 4 saturated carbocycles. The molecule has 1 amide bonds. The van der Waals surface area contributed by atoms with E-state index in [4.69, 9.17) is 14.2 Å². The van der Waals surface area contributed by atoms with E-state index in [9.17, 15) is 4.79 Å². The first-order valence-electron chi connectivity index (χ1n) is 14.8. The van der Waals surface area contributed by atoms with Gasteiger partial charge in [0.15, 0.2) is 5.79 Å². The maximum Gasteiger partial charge on any atom is 0.409 e. The molecule has 198 valence electrons. The van der Waals surface area contributed by atoms with E-state index in [2.05, 4.69) is 27.7 Å². The highest BCUT2D eigenvalue weighted by molar-refractivity contribution is 5.66. The van der Waals surface area contributed by atoms with Crippen LogP contribution in [0.3, 0.4) is 0 Å². The molecule has 2 heterocycles. The number of fused-ring (bicyclic) bond motifs is 7. The van der Waals surface area contributed by atoms with E-state index in [0.717, 1.165) is 43.6 Å². The fourth-order valence-electron chi connectivity index (χ4n) is 10.6. The summed E-state index contributed by atoms with van der Waals surface area (Å²) in [5, 5.41) is 0. The molecule has 5 nitrogen and oxygen atoms in total. The number of hydrogen-bond donors (Lipinski definition) is 0. The van der Waals surface area contributed by atoms with Crippen LogP contribution < -0.4 is 0 Å². The number of ether oxygens (including phenoxy) is 3. The molecule has 0 bridgehead atoms. The lowest BCUT2D eigenvalue weighted by atomic mass is 9.44. The minimum absolute atomic E-state index is 0.0999. The van der Waals surface area contributed by atoms with Crippen molar-refractivity contribution >= 4 is 6.09 Å². The fraction of sp³-hybridized carbons (Fsp3) is 0.967. The summed E-state index contributed by atoms with van der Waals surface area (Å²) < 4.78 is 19.3. The molecule has 0 unspecified atom stereocenters. The van der Waals surface area contributed by atoms with E-state index in [1.165, 1.54) is 44.9 Å². The Bertz CT molecular complexity index is 836. The molecule has 6 aliphatic rings. The fourth-order valence-corrected chi connectivity index (χ4v) is 10.6. The zero-order chi connectivity index (χ0) is 24.8. The molecule has 4 aliphatic carbocycles. The van der Waals surface area contributed by atoms with Gasteiger partial charge >= 0.3 is 6.09 Å². The van der Waals surface area contributed by atoms with Crippen molar-refractivity contribution in [3.05, 3.63) is 0 Å². The van der Waals surface area contributed by atoms with Gasteiger partial charge in [-0.25, -0.2) is 4.79 Å². The maximum atomic E-state index is 12.2. The number of rotatable bonds is 1. The van der Waals surface area contributed by atoms with Crippen LogP contribution in [0.2, 0.25) is 0 Å². The zero-order valence-electron chi connectivity index (χ0n) is 23.1. The quantitative estimate of drug-likeness (QED) is 0.424. The van der Waals surface area contributed by atoms with Crippen molar-refractivity contribution in [2.24, 2.45) is 52.3 Å². The smallest absolute Gasteiger partial charge is 0.409 e. The van der Waals surface area contributed by atoms with Gasteiger partial charge in [0.05, 0.1) is 12.7 Å². The van der Waals surface area contributed by atoms with Crippen LogP contribution in [0, 0.1) is 52.3 Å². The standard InChI is InChI=1S/C30H49NO4/c1-18-9-14-30(33-17-18)19(2)26-25(35-30)16-24-22-8-7-20-15-21(34-27(32)31(5)6)10-12-28(20,3)23(22)11-13-29(24,26)4/h18-26H,7-17H2,1-6H3/t18-,19+,20-,21+,22-,23+,24+,25+,26+,28+,29+,30-/m1/s1. The predicted molar refractivity (Wildman–Crippen MR) is 136 cm³/mol. The van der Waals surface area contributed by atoms with E-state index in [-0.39, 0.29) is 18.0 Å². The lowest BCUT2D eigenvalue weighted by Gasteiger charge is -2.61. The third kappa shape index (κ3) is 3.56. The van der Waals surface area contributed by atoms with Crippen LogP contribution in [0.4, 0.5) is 4.79 Å². The Morgan fingerprint density at radius 1 is 0.914 bits per heavy atom. The predicted octanol–water partition coefficient (Wildman–Crippen LogP) is 6.50. The number of carbonyl (C=O) groups excluding carboxylic acids is 1. The normalized spacial score (nSPS) is 55.0. The highest BCUT2D eigenvalue weighted by Crippen LogP contribution is 2.71. The molecule has 5 heteroatoms. The van der Waals surface area contributed by atoms with Crippen LogP contribution in [0.25, 0.3) is 0 Å². The van der Waals surface area contributed by atoms with E-state index < -0.39 is 0 Å². The molecular formula is C30H49NO4. The molecular weight excluding hydrogens is 438 g/mol. The molecule has 0 aromatic heterocycles. The second kappa shape index (κ2) is 8.35. The molecule has 0 radical (unpaired) electrons. The van der Waals surface area contributed by atoms with Gasteiger partial charge in [-0.15, -0.1) is 0 Å². The lowest BCUT2D eigenvalue weighted by Crippen LogP contribution is -2.55. The van der Waals surface area contributed by atoms with Crippen molar-refractivity contribution in [3.8, 4) is 0 Å². The van der Waals surface area contributed by atoms with Crippen LogP contribution in [-0.4, -0.2) is 49.7 Å². The van der Waals surface area contributed by atoms with E-state index in [0.29, 0.717) is 40.6 Å². The topological polar surface area (TPSA) is 48.0 Å². The Hall–Kier alpha value is -0.810. The van der Waals surface area contributed by atoms with Gasteiger partial charge in [0, 0.05) is 26.4 Å². The number of carbonyl (C=O) groups is 1. The molecule has 6 rings (SSSR count). The Labute approximate surface area is 213 Å². The van der Waals surface area contributed by atoms with Crippen molar-refractivity contribution in [3.63, 3.8) is 0 Å². The van der Waals surface area contributed by atoms with E-state index in [1.54, 1.807) is 19.0 Å². The Morgan fingerprint density at radius 3 is 2.40 bits per heavy atom. The maximum absolute atomic E-state index is 12.2. The van der Waals surface area contributed by atoms with Gasteiger partial charge in [-0.2, -0.15) is 0 Å². The van der Waals surface area contributed by atoms with E-state index in [1.807, 2.05) is 0 Å². The van der Waals surface area contributed by atoms with Crippen molar-refractivity contribution in [2.45, 2.75) is 110 Å². The van der Waals surface area contributed by atoms with Gasteiger partial charge in [0.2, 0.25) is 0 Å². The van der Waals surface area contributed by atoms with Gasteiger partial charge in [-0.3, -0.25) is 0 Å². The summed E-state index contributed by atoms with van der Waals surface area (Å²) in [5.41, 5.74) is 0.794. The van der Waals surface area contributed by atoms with Crippen molar-refractivity contribution in [1.82, 2.24) is 4.90 Å². The third-order valence-electron chi connectivity index (χ3n) is 12.5. The zero-order valence-corrected chi connectivity index (χ0v) is 23.1. The summed E-state index contributed by atoms with van der Waals surface area (Å²) in [6.45, 7) is 10.9. The highest BCUT2D eigenvalue weighted by atomic mass is 16.7. The number of hydrogen-bond acceptors (Lipinski definition) is 4. The molecule has 0 aromatic rings. The minimum atomic E-state index is -0.307. The molecule has 12 atom stereocenters. The first-order valence-corrected chi connectivity index (χ1v) is 14.8. The SMILES string of the molecule is C[C@@H]1CC[C@@]2(OC1)O[C@H]1C[C@H]3[C@@H]4CC[C@@H]5C[C@@H](OC(=O)N(C)C)CC[C@]5(C)[C@H]4CC[C@]3(C)[C@H]1[C@@H]2C. The molecule has 1 spiro atoms. The molecule has 2 saturated heterocycles. The summed E-state index contributed by atoms with van der Waals surface area (Å²) in [4.78, 5) is 13.7. The molecule has 2 aliphatic heterocycles. The summed E-state index contributed by atoms with van der Waals surface area (Å²) in [6, 6.07) is 0. The average Bonchev–Trinajstić information content (AvgIpc) is 3.26. The molecule has 6 fully saturated rings. The first kappa shape index (κ1) is 24.5. The summed E-state index contributed by atoms with van der Waals surface area (Å²) >= 11 is 0. The number of nitrogens with zero attached hydrogens (tertiary/aromatic N) is 1. The van der Waals surface area contributed by atoms with Crippen molar-refractivity contribution in [1.29, 1.82) is 0 Å². The molecule has 0 aromatic carbocycles. The van der Waals surface area contributed by atoms with Gasteiger partial charge in [-0.05, 0) is 104 Å². The van der Waals surface area contributed by atoms with Gasteiger partial charge in [0.25, 0.3) is 0 Å². The first-order chi connectivity index (χ1) is 16.6. The van der Waals surface area contributed by atoms with Crippen LogP contribution in [0.15, 0.2) is 0 Å². The molecule has 0 N–H and O–H groups in total. The lowest BCUT2D eigenvalue weighted by molar-refractivity contribution is -0.273. The molecule has 35 heavy (non-hydrogen) atoms.